The number of halogens is 1. The number of carbonyl (C=O) groups is 2. The molecule has 3 amide bonds. The highest BCUT2D eigenvalue weighted by atomic mass is 79.9. The number of fused-ring (bicyclic) bond motifs is 3. The van der Waals surface area contributed by atoms with Gasteiger partial charge in [0.2, 0.25) is 0 Å². The van der Waals surface area contributed by atoms with E-state index in [0.29, 0.717) is 41.4 Å². The molecule has 3 aromatic heterocycles. The average Bonchev–Trinajstić information content (AvgIpc) is 3.36. The van der Waals surface area contributed by atoms with Gasteiger partial charge in [-0.05, 0) is 28.1 Å². The van der Waals surface area contributed by atoms with Gasteiger partial charge in [-0.25, -0.2) is 9.78 Å². The number of carbonyl (C=O) groups excluding carboxylic acids is 2. The van der Waals surface area contributed by atoms with E-state index in [9.17, 15) is 9.59 Å². The number of hydrogen-bond acceptors (Lipinski definition) is 7. The van der Waals surface area contributed by atoms with Crippen LogP contribution in [0.15, 0.2) is 47.2 Å². The van der Waals surface area contributed by atoms with Gasteiger partial charge in [-0.2, -0.15) is 9.61 Å². The fraction of sp³-hybridized carbons (Fsp3) is 0.227. The Morgan fingerprint density at radius 1 is 1.15 bits per heavy atom. The number of urea groups is 1. The summed E-state index contributed by atoms with van der Waals surface area (Å²) < 4.78 is 2.19. The predicted molar refractivity (Wildman–Crippen MR) is 127 cm³/mol. The van der Waals surface area contributed by atoms with Crippen molar-refractivity contribution in [3.63, 3.8) is 0 Å². The molecule has 2 aliphatic rings. The third-order valence-corrected chi connectivity index (χ3v) is 7.10. The summed E-state index contributed by atoms with van der Waals surface area (Å²) in [7, 11) is 1.52. The number of para-hydroxylation sites is 1. The van der Waals surface area contributed by atoms with E-state index in [1.54, 1.807) is 21.8 Å². The van der Waals surface area contributed by atoms with Crippen LogP contribution >= 0.6 is 15.9 Å². The monoisotopic (exact) mass is 506 g/mol. The zero-order valence-electron chi connectivity index (χ0n) is 17.6. The highest BCUT2D eigenvalue weighted by Gasteiger charge is 2.46. The van der Waals surface area contributed by atoms with Crippen LogP contribution in [0.1, 0.15) is 0 Å². The molecule has 0 aliphatic carbocycles. The molecule has 0 spiro atoms. The quantitative estimate of drug-likeness (QED) is 0.415. The van der Waals surface area contributed by atoms with Crippen molar-refractivity contribution < 1.29 is 9.59 Å². The lowest BCUT2D eigenvalue weighted by molar-refractivity contribution is -0.127. The average molecular weight is 507 g/mol. The van der Waals surface area contributed by atoms with Crippen molar-refractivity contribution in [2.75, 3.05) is 37.3 Å². The maximum atomic E-state index is 12.6. The van der Waals surface area contributed by atoms with Crippen LogP contribution in [0, 0.1) is 0 Å². The van der Waals surface area contributed by atoms with Gasteiger partial charge >= 0.3 is 6.03 Å². The van der Waals surface area contributed by atoms with Gasteiger partial charge in [-0.3, -0.25) is 14.7 Å². The number of piperazine rings is 1. The minimum absolute atomic E-state index is 0.206. The number of nitrogens with two attached hydrogens (primary N) is 1. The number of hydrogen-bond donors (Lipinski definition) is 1. The van der Waals surface area contributed by atoms with E-state index in [-0.39, 0.29) is 11.9 Å². The van der Waals surface area contributed by atoms with E-state index >= 15 is 0 Å². The maximum absolute atomic E-state index is 12.6. The Balaban J connectivity index is 1.44. The second kappa shape index (κ2) is 7.14. The van der Waals surface area contributed by atoms with E-state index in [4.69, 9.17) is 10.7 Å². The second-order valence-electron chi connectivity index (χ2n) is 8.18. The molecular formula is C22H19BrN8O2. The van der Waals surface area contributed by atoms with Crippen LogP contribution in [0.4, 0.5) is 16.4 Å². The number of nitrogens with zero attached hydrogens (tertiary/aromatic N) is 7. The lowest BCUT2D eigenvalue weighted by Gasteiger charge is -2.36. The number of aromatic nitrogens is 4. The van der Waals surface area contributed by atoms with Gasteiger partial charge in [0, 0.05) is 49.4 Å². The minimum atomic E-state index is -0.531. The molecule has 2 saturated heterocycles. The molecule has 2 fully saturated rings. The summed E-state index contributed by atoms with van der Waals surface area (Å²) in [6.07, 6.45) is 3.53. The van der Waals surface area contributed by atoms with Gasteiger partial charge in [-0.15, -0.1) is 0 Å². The number of nitrogen functional groups attached to an aromatic ring is 1. The molecule has 0 saturated carbocycles. The van der Waals surface area contributed by atoms with Gasteiger partial charge in [0.15, 0.2) is 5.65 Å². The molecule has 11 heteroatoms. The molecule has 4 aromatic rings. The molecule has 0 radical (unpaired) electrons. The Hall–Kier alpha value is -3.73. The fourth-order valence-electron chi connectivity index (χ4n) is 4.54. The molecule has 1 atom stereocenters. The molecule has 2 N–H and O–H groups in total. The normalized spacial score (nSPS) is 18.6. The summed E-state index contributed by atoms with van der Waals surface area (Å²) in [6, 6.07) is 9.17. The molecule has 5 heterocycles. The number of anilines is 2. The molecule has 2 aliphatic heterocycles. The highest BCUT2D eigenvalue weighted by Crippen LogP contribution is 2.36. The van der Waals surface area contributed by atoms with E-state index in [1.165, 1.54) is 11.9 Å². The largest absolute Gasteiger partial charge is 0.383 e. The fourth-order valence-corrected chi connectivity index (χ4v) is 5.05. The number of likely N-dealkylation sites (N-methyl/N-ethyl adjacent to an activating group) is 1. The third kappa shape index (κ3) is 2.88. The van der Waals surface area contributed by atoms with Crippen molar-refractivity contribution >= 4 is 56.1 Å². The number of rotatable bonds is 2. The Labute approximate surface area is 196 Å². The van der Waals surface area contributed by atoms with E-state index in [1.807, 2.05) is 29.2 Å². The van der Waals surface area contributed by atoms with E-state index in [0.717, 1.165) is 22.0 Å². The van der Waals surface area contributed by atoms with Gasteiger partial charge in [0.1, 0.15) is 22.2 Å². The molecule has 10 nitrogen and oxygen atoms in total. The first-order valence-electron chi connectivity index (χ1n) is 10.4. The van der Waals surface area contributed by atoms with Crippen LogP contribution < -0.4 is 10.6 Å². The van der Waals surface area contributed by atoms with Crippen LogP contribution in [0.3, 0.4) is 0 Å². The molecule has 1 aromatic carbocycles. The van der Waals surface area contributed by atoms with Crippen molar-refractivity contribution in [3.8, 4) is 11.1 Å². The maximum Gasteiger partial charge on any atom is 0.327 e. The summed E-state index contributed by atoms with van der Waals surface area (Å²) in [4.78, 5) is 39.1. The summed E-state index contributed by atoms with van der Waals surface area (Å²) in [6.45, 7) is 1.31. The summed E-state index contributed by atoms with van der Waals surface area (Å²) in [5.41, 5.74) is 9.61. The minimum Gasteiger partial charge on any atom is -0.383 e. The van der Waals surface area contributed by atoms with Crippen LogP contribution in [0.25, 0.3) is 27.7 Å². The van der Waals surface area contributed by atoms with E-state index < -0.39 is 6.04 Å². The smallest absolute Gasteiger partial charge is 0.327 e. The standard InChI is InChI=1S/C22H19BrN8O2/c1-28-21(32)16-11-29(6-7-30(16)22(28)33)20-17(23)18(24)31-19(27-20)14(10-26-31)13-8-12-4-2-3-5-15(12)25-9-13/h2-5,8-10,16H,6-7,11,24H2,1H3. The Bertz CT molecular complexity index is 1470. The first-order valence-corrected chi connectivity index (χ1v) is 11.2. The summed E-state index contributed by atoms with van der Waals surface area (Å²) >= 11 is 3.57. The zero-order valence-corrected chi connectivity index (χ0v) is 19.2. The lowest BCUT2D eigenvalue weighted by atomic mass is 10.1. The predicted octanol–water partition coefficient (Wildman–Crippen LogP) is 2.37. The van der Waals surface area contributed by atoms with E-state index in [2.05, 4.69) is 32.1 Å². The zero-order chi connectivity index (χ0) is 22.9. The second-order valence-corrected chi connectivity index (χ2v) is 8.97. The SMILES string of the molecule is CN1C(=O)C2CN(c3nc4c(-c5cnc6ccccc6c5)cnn4c(N)c3Br)CCN2C1=O. The van der Waals surface area contributed by atoms with Crippen molar-refractivity contribution in [2.24, 2.45) is 0 Å². The lowest BCUT2D eigenvalue weighted by Crippen LogP contribution is -2.53. The van der Waals surface area contributed by atoms with Crippen molar-refractivity contribution in [1.29, 1.82) is 0 Å². The van der Waals surface area contributed by atoms with Gasteiger partial charge < -0.3 is 15.5 Å². The van der Waals surface area contributed by atoms with Gasteiger partial charge in [0.25, 0.3) is 5.91 Å². The summed E-state index contributed by atoms with van der Waals surface area (Å²) in [5, 5.41) is 5.46. The molecular weight excluding hydrogens is 488 g/mol. The molecule has 1 unspecified atom stereocenters. The number of benzene rings is 1. The van der Waals surface area contributed by atoms with Crippen LogP contribution in [-0.4, -0.2) is 74.0 Å². The van der Waals surface area contributed by atoms with Crippen molar-refractivity contribution in [2.45, 2.75) is 6.04 Å². The number of amides is 3. The van der Waals surface area contributed by atoms with Crippen LogP contribution in [0.2, 0.25) is 0 Å². The topological polar surface area (TPSA) is 113 Å². The molecule has 6 rings (SSSR count). The number of pyridine rings is 1. The van der Waals surface area contributed by atoms with Crippen molar-refractivity contribution in [1.82, 2.24) is 29.4 Å². The highest BCUT2D eigenvalue weighted by molar-refractivity contribution is 9.10. The number of imide groups is 1. The van der Waals surface area contributed by atoms with Crippen LogP contribution in [-0.2, 0) is 4.79 Å². The van der Waals surface area contributed by atoms with Gasteiger partial charge in [-0.1, -0.05) is 18.2 Å². The Kier molecular flexibility index (Phi) is 4.31. The Morgan fingerprint density at radius 2 is 1.97 bits per heavy atom. The Morgan fingerprint density at radius 3 is 2.82 bits per heavy atom. The first-order chi connectivity index (χ1) is 15.9. The van der Waals surface area contributed by atoms with Crippen molar-refractivity contribution in [3.05, 3.63) is 47.2 Å². The third-order valence-electron chi connectivity index (χ3n) is 6.33. The summed E-state index contributed by atoms with van der Waals surface area (Å²) in [5.74, 6) is 0.815. The van der Waals surface area contributed by atoms with Gasteiger partial charge in [0.05, 0.1) is 11.7 Å². The molecule has 33 heavy (non-hydrogen) atoms. The van der Waals surface area contributed by atoms with Crippen LogP contribution in [0.5, 0.6) is 0 Å². The molecule has 166 valence electrons. The molecule has 0 bridgehead atoms. The first kappa shape index (κ1) is 19.9.